The van der Waals surface area contributed by atoms with E-state index in [-0.39, 0.29) is 35.1 Å². The number of nitrogens with zero attached hydrogens (tertiary/aromatic N) is 3. The molecule has 5 heteroatoms. The molecule has 18 heavy (non-hydrogen) atoms. The van der Waals surface area contributed by atoms with Crippen LogP contribution in [0, 0.1) is 6.85 Å². The maximum absolute atomic E-state index is 12.5. The fraction of sp³-hybridized carbons (Fsp3) is 0.154. The predicted molar refractivity (Wildman–Crippen MR) is 69.2 cm³/mol. The number of hydrogen-bond donors (Lipinski definition) is 1. The van der Waals surface area contributed by atoms with Gasteiger partial charge in [-0.1, -0.05) is 0 Å². The van der Waals surface area contributed by atoms with Crippen LogP contribution in [-0.4, -0.2) is 22.9 Å². The van der Waals surface area contributed by atoms with E-state index < -0.39 is 30.5 Å². The first kappa shape index (κ1) is 5.48. The van der Waals surface area contributed by atoms with Crippen LogP contribution in [0.3, 0.4) is 0 Å². The monoisotopic (exact) mass is 247 g/mol. The summed E-state index contributed by atoms with van der Waals surface area (Å²) in [6.45, 7) is -2.75. The summed E-state index contributed by atoms with van der Waals surface area (Å²) in [6, 6.07) is 0.286. The molecule has 1 aliphatic rings. The number of rotatable bonds is 0. The van der Waals surface area contributed by atoms with Crippen LogP contribution in [0.1, 0.15) is 25.5 Å². The number of amides is 1. The molecule has 3 heterocycles. The second-order valence-electron chi connectivity index (χ2n) is 3.68. The average molecular weight is 247 g/mol. The zero-order valence-electron chi connectivity index (χ0n) is 16.3. The highest BCUT2D eigenvalue weighted by Crippen LogP contribution is 2.35. The van der Waals surface area contributed by atoms with Gasteiger partial charge in [-0.3, -0.25) is 4.79 Å². The Labute approximate surface area is 114 Å². The number of fused-ring (bicyclic) bond motifs is 2. The average Bonchev–Trinajstić information content (AvgIpc) is 2.58. The summed E-state index contributed by atoms with van der Waals surface area (Å²) in [6.07, 6.45) is -0.918. The molecule has 0 aliphatic carbocycles. The molecule has 0 radical (unpaired) electrons. The zero-order valence-corrected chi connectivity index (χ0v) is 9.33. The van der Waals surface area contributed by atoms with E-state index >= 15 is 0 Å². The number of pyridine rings is 2. The van der Waals surface area contributed by atoms with E-state index in [2.05, 4.69) is 15.3 Å². The summed E-state index contributed by atoms with van der Waals surface area (Å²) in [7, 11) is 1.45. The Hall–Kier alpha value is -2.43. The van der Waals surface area contributed by atoms with Crippen LogP contribution in [0.2, 0.25) is 0 Å². The van der Waals surface area contributed by atoms with Gasteiger partial charge in [0.1, 0.15) is 5.82 Å². The molecular formula is C13H12N4O. The van der Waals surface area contributed by atoms with Crippen LogP contribution in [0.15, 0.2) is 30.5 Å². The molecule has 0 bridgehead atoms. The van der Waals surface area contributed by atoms with Crippen LogP contribution < -0.4 is 10.2 Å². The summed E-state index contributed by atoms with van der Waals surface area (Å²) in [5, 5.41) is 2.41. The van der Waals surface area contributed by atoms with Crippen LogP contribution >= 0.6 is 0 Å². The SMILES string of the molecule is [2H]c1cc2c(nc1[2H])N(C)c1nc([2H])c([2H])c(C([2H])([2H])[2H])c1NC2=O. The van der Waals surface area contributed by atoms with Crippen molar-refractivity contribution in [1.82, 2.24) is 9.97 Å². The number of carbonyl (C=O) groups is 1. The molecule has 1 N–H and O–H groups in total. The minimum absolute atomic E-state index is 0.0124. The predicted octanol–water partition coefficient (Wildman–Crippen LogP) is 2.12. The summed E-state index contributed by atoms with van der Waals surface area (Å²) >= 11 is 0. The molecule has 0 aromatic carbocycles. The Bertz CT molecular complexity index is 912. The van der Waals surface area contributed by atoms with Gasteiger partial charge < -0.3 is 10.2 Å². The van der Waals surface area contributed by atoms with Crippen LogP contribution in [0.5, 0.6) is 0 Å². The maximum atomic E-state index is 12.5. The van der Waals surface area contributed by atoms with Crippen molar-refractivity contribution in [2.75, 3.05) is 17.3 Å². The van der Waals surface area contributed by atoms with Crippen LogP contribution in [-0.2, 0) is 0 Å². The number of nitrogens with one attached hydrogen (secondary N) is 1. The van der Waals surface area contributed by atoms with Crippen molar-refractivity contribution in [3.63, 3.8) is 0 Å². The number of hydrogen-bond acceptors (Lipinski definition) is 4. The van der Waals surface area contributed by atoms with Gasteiger partial charge >= 0.3 is 0 Å². The Morgan fingerprint density at radius 3 is 3.06 bits per heavy atom. The lowest BCUT2D eigenvalue weighted by Gasteiger charge is -2.18. The summed E-state index contributed by atoms with van der Waals surface area (Å²) < 4.78 is 53.9. The number of aromatic nitrogens is 2. The van der Waals surface area contributed by atoms with Gasteiger partial charge in [0.05, 0.1) is 16.7 Å². The Balaban J connectivity index is 2.36. The van der Waals surface area contributed by atoms with Gasteiger partial charge in [-0.25, -0.2) is 9.97 Å². The first-order chi connectivity index (χ1) is 11.5. The molecular weight excluding hydrogens is 228 g/mol. The lowest BCUT2D eigenvalue weighted by atomic mass is 10.2. The molecule has 0 unspecified atom stereocenters. The van der Waals surface area contributed by atoms with Crippen molar-refractivity contribution in [1.29, 1.82) is 0 Å². The third kappa shape index (κ3) is 1.44. The normalized spacial score (nSPS) is 19.7. The fourth-order valence-corrected chi connectivity index (χ4v) is 1.75. The minimum atomic E-state index is -2.75. The highest BCUT2D eigenvalue weighted by molar-refractivity contribution is 6.11. The zero-order chi connectivity index (χ0) is 18.7. The highest BCUT2D eigenvalue weighted by atomic mass is 16.1. The van der Waals surface area contributed by atoms with Gasteiger partial charge in [0.2, 0.25) is 0 Å². The molecule has 90 valence electrons. The van der Waals surface area contributed by atoms with E-state index in [9.17, 15) is 4.79 Å². The lowest BCUT2D eigenvalue weighted by molar-refractivity contribution is 0.102. The van der Waals surface area contributed by atoms with Crippen LogP contribution in [0.25, 0.3) is 0 Å². The first-order valence-corrected chi connectivity index (χ1v) is 5.07. The molecule has 3 rings (SSSR count). The third-order valence-electron chi connectivity index (χ3n) is 2.62. The second-order valence-corrected chi connectivity index (χ2v) is 3.68. The van der Waals surface area contributed by atoms with E-state index in [1.54, 1.807) is 0 Å². The van der Waals surface area contributed by atoms with E-state index in [0.29, 0.717) is 0 Å². The van der Waals surface area contributed by atoms with E-state index in [0.717, 1.165) is 6.07 Å². The molecule has 0 fully saturated rings. The maximum Gasteiger partial charge on any atom is 0.259 e. The van der Waals surface area contributed by atoms with Crippen molar-refractivity contribution in [2.24, 2.45) is 0 Å². The molecule has 1 aliphatic heterocycles. The molecule has 1 amide bonds. The molecule has 2 aromatic rings. The molecule has 2 aromatic heterocycles. The largest absolute Gasteiger partial charge is 0.318 e. The van der Waals surface area contributed by atoms with Gasteiger partial charge in [-0.2, -0.15) is 0 Å². The van der Waals surface area contributed by atoms with Gasteiger partial charge in [0, 0.05) is 23.5 Å². The van der Waals surface area contributed by atoms with Crippen molar-refractivity contribution in [3.8, 4) is 0 Å². The highest BCUT2D eigenvalue weighted by Gasteiger charge is 2.25. The summed E-state index contributed by atoms with van der Waals surface area (Å²) in [4.78, 5) is 21.6. The summed E-state index contributed by atoms with van der Waals surface area (Å²) in [5.74, 6) is -0.784. The first-order valence-electron chi connectivity index (χ1n) is 8.57. The van der Waals surface area contributed by atoms with Gasteiger partial charge in [0.25, 0.3) is 5.91 Å². The van der Waals surface area contributed by atoms with Crippen molar-refractivity contribution < 1.29 is 14.4 Å². The van der Waals surface area contributed by atoms with E-state index in [4.69, 9.17) is 9.60 Å². The van der Waals surface area contributed by atoms with Crippen LogP contribution in [0.4, 0.5) is 17.3 Å². The minimum Gasteiger partial charge on any atom is -0.318 e. The fourth-order valence-electron chi connectivity index (χ4n) is 1.75. The molecule has 5 nitrogen and oxygen atoms in total. The molecule has 0 atom stereocenters. The Kier molecular flexibility index (Phi) is 1.16. The quantitative estimate of drug-likeness (QED) is 0.774. The van der Waals surface area contributed by atoms with Gasteiger partial charge in [-0.15, -0.1) is 0 Å². The number of carbonyl (C=O) groups excluding carboxylic acids is 1. The molecule has 0 saturated heterocycles. The Morgan fingerprint density at radius 1 is 1.39 bits per heavy atom. The number of anilines is 3. The van der Waals surface area contributed by atoms with Gasteiger partial charge in [0.15, 0.2) is 5.82 Å². The molecule has 0 spiro atoms. The standard InChI is InChI=1S/C13H12N4O/c1-8-5-7-15-12-10(8)16-13(18)9-4-3-6-14-11(9)17(12)2/h3-7H,1-2H3,(H,16,18)/i1D3,3D,5D,6D,7D. The summed E-state index contributed by atoms with van der Waals surface area (Å²) in [5.41, 5.74) is -0.728. The van der Waals surface area contributed by atoms with Crippen molar-refractivity contribution >= 4 is 23.2 Å². The smallest absolute Gasteiger partial charge is 0.259 e. The lowest BCUT2D eigenvalue weighted by Crippen LogP contribution is -2.14. The topological polar surface area (TPSA) is 58.1 Å². The second kappa shape index (κ2) is 3.80. The Morgan fingerprint density at radius 2 is 2.22 bits per heavy atom. The van der Waals surface area contributed by atoms with Crippen molar-refractivity contribution in [2.45, 2.75) is 6.85 Å². The van der Waals surface area contributed by atoms with Gasteiger partial charge in [-0.05, 0) is 30.6 Å². The third-order valence-corrected chi connectivity index (χ3v) is 2.62. The van der Waals surface area contributed by atoms with Crippen molar-refractivity contribution in [3.05, 3.63) is 41.6 Å². The molecule has 0 saturated carbocycles. The van der Waals surface area contributed by atoms with E-state index in [1.807, 2.05) is 0 Å². The van der Waals surface area contributed by atoms with E-state index in [1.165, 1.54) is 11.9 Å².